The molecule has 1 N–H and O–H groups in total. The van der Waals surface area contributed by atoms with Crippen LogP contribution < -0.4 is 14.8 Å². The van der Waals surface area contributed by atoms with Crippen molar-refractivity contribution in [1.29, 1.82) is 0 Å². The van der Waals surface area contributed by atoms with Crippen LogP contribution in [-0.4, -0.2) is 46.4 Å². The lowest BCUT2D eigenvalue weighted by atomic mass is 9.74. The zero-order chi connectivity index (χ0) is 21.4. The Bertz CT molecular complexity index is 1250. The topological polar surface area (TPSA) is 82.8 Å². The van der Waals surface area contributed by atoms with E-state index in [2.05, 4.69) is 27.6 Å². The highest BCUT2D eigenvalue weighted by Gasteiger charge is 2.35. The van der Waals surface area contributed by atoms with Crippen LogP contribution in [-0.2, 0) is 10.2 Å². The van der Waals surface area contributed by atoms with Gasteiger partial charge in [0.25, 0.3) is 0 Å². The molecule has 0 radical (unpaired) electrons. The van der Waals surface area contributed by atoms with Crippen molar-refractivity contribution in [3.63, 3.8) is 0 Å². The summed E-state index contributed by atoms with van der Waals surface area (Å²) in [5.41, 5.74) is 2.84. The Kier molecular flexibility index (Phi) is 4.65. The van der Waals surface area contributed by atoms with Gasteiger partial charge in [0.1, 0.15) is 5.82 Å². The third-order valence-electron chi connectivity index (χ3n) is 6.34. The second-order valence-electron chi connectivity index (χ2n) is 8.19. The van der Waals surface area contributed by atoms with E-state index in [1.54, 1.807) is 4.52 Å². The molecule has 1 fully saturated rings. The maximum absolute atomic E-state index is 5.68. The molecule has 1 saturated heterocycles. The van der Waals surface area contributed by atoms with Gasteiger partial charge in [-0.15, -0.1) is 15.3 Å². The van der Waals surface area contributed by atoms with Crippen LogP contribution in [0.15, 0.2) is 60.7 Å². The predicted octanol–water partition coefficient (Wildman–Crippen LogP) is 3.68. The summed E-state index contributed by atoms with van der Waals surface area (Å²) < 4.78 is 18.6. The molecule has 162 valence electrons. The van der Waals surface area contributed by atoms with E-state index in [0.717, 1.165) is 61.3 Å². The number of nitrogens with zero attached hydrogens (tertiary/aromatic N) is 4. The van der Waals surface area contributed by atoms with Gasteiger partial charge in [0.05, 0.1) is 0 Å². The van der Waals surface area contributed by atoms with Crippen LogP contribution >= 0.6 is 0 Å². The first-order chi connectivity index (χ1) is 15.8. The monoisotopic (exact) mass is 429 g/mol. The molecule has 32 heavy (non-hydrogen) atoms. The number of hydrogen-bond acceptors (Lipinski definition) is 7. The molecular weight excluding hydrogens is 406 g/mol. The van der Waals surface area contributed by atoms with Crippen LogP contribution in [0.3, 0.4) is 0 Å². The fourth-order valence-electron chi connectivity index (χ4n) is 4.47. The van der Waals surface area contributed by atoms with E-state index in [9.17, 15) is 0 Å². The molecule has 0 saturated carbocycles. The van der Waals surface area contributed by atoms with E-state index in [1.165, 1.54) is 5.56 Å². The first kappa shape index (κ1) is 19.1. The van der Waals surface area contributed by atoms with E-state index in [4.69, 9.17) is 19.3 Å². The molecule has 0 amide bonds. The van der Waals surface area contributed by atoms with Crippen LogP contribution in [0, 0.1) is 0 Å². The van der Waals surface area contributed by atoms with Crippen molar-refractivity contribution in [3.8, 4) is 22.9 Å². The van der Waals surface area contributed by atoms with Gasteiger partial charge in [-0.3, -0.25) is 0 Å². The Morgan fingerprint density at radius 3 is 2.62 bits per heavy atom. The molecule has 6 rings (SSSR count). The molecule has 2 aliphatic heterocycles. The lowest BCUT2D eigenvalue weighted by Gasteiger charge is -2.38. The minimum absolute atomic E-state index is 0.0781. The van der Waals surface area contributed by atoms with Crippen LogP contribution in [0.4, 0.5) is 5.82 Å². The Hall–Kier alpha value is -3.65. The summed E-state index contributed by atoms with van der Waals surface area (Å²) in [6, 6.07) is 20.1. The van der Waals surface area contributed by atoms with Gasteiger partial charge in [-0.05, 0) is 42.7 Å². The normalized spacial score (nSPS) is 16.9. The standard InChI is InChI=1S/C24H23N5O3/c1-2-4-17(5-3-1)23-27-26-22-9-8-21(28-29(22)23)25-15-24(10-12-30-13-11-24)18-6-7-19-20(14-18)32-16-31-19/h1-9,14H,10-13,15-16H2,(H,25,28). The number of benzene rings is 2. The van der Waals surface area contributed by atoms with E-state index in [-0.39, 0.29) is 12.2 Å². The number of nitrogens with one attached hydrogen (secondary N) is 1. The lowest BCUT2D eigenvalue weighted by molar-refractivity contribution is 0.0543. The largest absolute Gasteiger partial charge is 0.454 e. The molecular formula is C24H23N5O3. The minimum atomic E-state index is -0.0781. The Morgan fingerprint density at radius 1 is 0.906 bits per heavy atom. The quantitative estimate of drug-likeness (QED) is 0.518. The summed E-state index contributed by atoms with van der Waals surface area (Å²) in [7, 11) is 0. The number of rotatable bonds is 5. The van der Waals surface area contributed by atoms with Crippen molar-refractivity contribution in [2.45, 2.75) is 18.3 Å². The van der Waals surface area contributed by atoms with E-state index < -0.39 is 0 Å². The average Bonchev–Trinajstić information content (AvgIpc) is 3.50. The molecule has 8 heteroatoms. The van der Waals surface area contributed by atoms with Crippen LogP contribution in [0.2, 0.25) is 0 Å². The second kappa shape index (κ2) is 7.80. The summed E-state index contributed by atoms with van der Waals surface area (Å²) in [4.78, 5) is 0. The summed E-state index contributed by atoms with van der Waals surface area (Å²) in [5.74, 6) is 3.11. The van der Waals surface area contributed by atoms with Gasteiger partial charge in [-0.25, -0.2) is 0 Å². The Labute approximate surface area is 185 Å². The molecule has 2 aromatic carbocycles. The molecule has 2 aromatic heterocycles. The molecule has 0 atom stereocenters. The molecule has 8 nitrogen and oxygen atoms in total. The predicted molar refractivity (Wildman–Crippen MR) is 119 cm³/mol. The number of hydrogen-bond donors (Lipinski definition) is 1. The fourth-order valence-corrected chi connectivity index (χ4v) is 4.47. The van der Waals surface area contributed by atoms with Gasteiger partial charge < -0.3 is 19.5 Å². The van der Waals surface area contributed by atoms with Gasteiger partial charge in [0.15, 0.2) is 23.0 Å². The minimum Gasteiger partial charge on any atom is -0.454 e. The highest BCUT2D eigenvalue weighted by Crippen LogP contribution is 2.41. The van der Waals surface area contributed by atoms with Crippen molar-refractivity contribution in [1.82, 2.24) is 19.8 Å². The molecule has 0 unspecified atom stereocenters. The van der Waals surface area contributed by atoms with Crippen molar-refractivity contribution >= 4 is 11.5 Å². The van der Waals surface area contributed by atoms with E-state index in [1.807, 2.05) is 48.5 Å². The van der Waals surface area contributed by atoms with Crippen LogP contribution in [0.5, 0.6) is 11.5 Å². The lowest BCUT2D eigenvalue weighted by Crippen LogP contribution is -2.40. The van der Waals surface area contributed by atoms with Gasteiger partial charge >= 0.3 is 0 Å². The van der Waals surface area contributed by atoms with Gasteiger partial charge in [0, 0.05) is 30.7 Å². The van der Waals surface area contributed by atoms with Crippen molar-refractivity contribution in [3.05, 3.63) is 66.2 Å². The molecule has 4 aromatic rings. The number of anilines is 1. The van der Waals surface area contributed by atoms with Crippen molar-refractivity contribution in [2.24, 2.45) is 0 Å². The smallest absolute Gasteiger partial charge is 0.231 e. The second-order valence-corrected chi connectivity index (χ2v) is 8.19. The van der Waals surface area contributed by atoms with Gasteiger partial charge in [-0.1, -0.05) is 36.4 Å². The summed E-state index contributed by atoms with van der Waals surface area (Å²) in [6.45, 7) is 2.47. The highest BCUT2D eigenvalue weighted by atomic mass is 16.7. The SMILES string of the molecule is c1ccc(-c2nnc3ccc(NCC4(c5ccc6c(c5)OCO6)CCOCC4)nn23)cc1. The first-order valence-electron chi connectivity index (χ1n) is 10.8. The number of ether oxygens (including phenoxy) is 3. The Morgan fingerprint density at radius 2 is 1.75 bits per heavy atom. The first-order valence-corrected chi connectivity index (χ1v) is 10.8. The summed E-state index contributed by atoms with van der Waals surface area (Å²) in [6.07, 6.45) is 1.84. The highest BCUT2D eigenvalue weighted by molar-refractivity contribution is 5.59. The molecule has 2 aliphatic rings. The summed E-state index contributed by atoms with van der Waals surface area (Å²) >= 11 is 0. The van der Waals surface area contributed by atoms with Gasteiger partial charge in [0.2, 0.25) is 6.79 Å². The molecule has 0 spiro atoms. The molecule has 0 aliphatic carbocycles. The zero-order valence-electron chi connectivity index (χ0n) is 17.5. The summed E-state index contributed by atoms with van der Waals surface area (Å²) in [5, 5.41) is 16.9. The number of fused-ring (bicyclic) bond motifs is 2. The van der Waals surface area contributed by atoms with Crippen LogP contribution in [0.25, 0.3) is 17.0 Å². The van der Waals surface area contributed by atoms with Gasteiger partial charge in [-0.2, -0.15) is 4.52 Å². The fraction of sp³-hybridized carbons (Fsp3) is 0.292. The maximum atomic E-state index is 5.68. The maximum Gasteiger partial charge on any atom is 0.231 e. The van der Waals surface area contributed by atoms with Crippen molar-refractivity contribution in [2.75, 3.05) is 31.9 Å². The number of aromatic nitrogens is 4. The van der Waals surface area contributed by atoms with E-state index in [0.29, 0.717) is 5.65 Å². The van der Waals surface area contributed by atoms with Crippen molar-refractivity contribution < 1.29 is 14.2 Å². The third-order valence-corrected chi connectivity index (χ3v) is 6.34. The Balaban J connectivity index is 1.30. The third kappa shape index (κ3) is 3.33. The average molecular weight is 429 g/mol. The van der Waals surface area contributed by atoms with E-state index >= 15 is 0 Å². The zero-order valence-corrected chi connectivity index (χ0v) is 17.5. The van der Waals surface area contributed by atoms with Crippen LogP contribution in [0.1, 0.15) is 18.4 Å². The molecule has 0 bridgehead atoms. The molecule has 4 heterocycles.